The summed E-state index contributed by atoms with van der Waals surface area (Å²) < 4.78 is 0. The van der Waals surface area contributed by atoms with Crippen molar-refractivity contribution < 1.29 is 38.7 Å². The fourth-order valence-corrected chi connectivity index (χ4v) is 6.82. The van der Waals surface area contributed by atoms with E-state index in [-0.39, 0.29) is 85.4 Å². The van der Waals surface area contributed by atoms with Crippen molar-refractivity contribution in [2.75, 3.05) is 48.4 Å². The molecule has 6 amide bonds. The molecule has 1 saturated heterocycles. The molecule has 0 radical (unpaired) electrons. The van der Waals surface area contributed by atoms with Gasteiger partial charge in [-0.3, -0.25) is 34.1 Å². The lowest BCUT2D eigenvalue weighted by Crippen LogP contribution is -2.52. The number of aliphatic carboxylic acids is 1. The molecule has 6 rings (SSSR count). The van der Waals surface area contributed by atoms with Crippen LogP contribution in [0.3, 0.4) is 0 Å². The highest BCUT2D eigenvalue weighted by atomic mass is 16.4. The number of rotatable bonds is 18. The minimum Gasteiger partial charge on any atom is -0.480 e. The van der Waals surface area contributed by atoms with Crippen molar-refractivity contribution in [2.45, 2.75) is 63.7 Å². The van der Waals surface area contributed by atoms with Gasteiger partial charge in [-0.1, -0.05) is 6.07 Å². The zero-order valence-corrected chi connectivity index (χ0v) is 32.7. The number of carbonyl (C=O) groups is 7. The van der Waals surface area contributed by atoms with Crippen LogP contribution >= 0.6 is 0 Å². The molecule has 21 heteroatoms. The molecule has 0 spiro atoms. The van der Waals surface area contributed by atoms with Crippen molar-refractivity contribution in [3.63, 3.8) is 0 Å². The largest absolute Gasteiger partial charge is 0.480 e. The van der Waals surface area contributed by atoms with E-state index in [9.17, 15) is 38.7 Å². The smallest absolute Gasteiger partial charge is 0.326 e. The maximum Gasteiger partial charge on any atom is 0.326 e. The molecule has 2 atom stereocenters. The monoisotopic (exact) mass is 823 g/mol. The fourth-order valence-electron chi connectivity index (χ4n) is 6.82. The first kappa shape index (κ1) is 42.2. The van der Waals surface area contributed by atoms with Crippen LogP contribution in [-0.4, -0.2) is 110 Å². The van der Waals surface area contributed by atoms with Crippen molar-refractivity contribution in [1.82, 2.24) is 46.1 Å². The molecule has 4 aromatic rings. The van der Waals surface area contributed by atoms with Gasteiger partial charge in [-0.05, 0) is 62.1 Å². The number of nitrogens with one attached hydrogen (secondary N) is 5. The number of carboxylic acids is 1. The first-order chi connectivity index (χ1) is 28.8. The van der Waals surface area contributed by atoms with Gasteiger partial charge in [0.15, 0.2) is 17.0 Å². The van der Waals surface area contributed by atoms with Crippen molar-refractivity contribution in [3.8, 4) is 0 Å². The number of anilines is 4. The molecule has 2 unspecified atom stereocenters. The second-order valence-corrected chi connectivity index (χ2v) is 14.3. The number of piperidine rings is 1. The van der Waals surface area contributed by atoms with Gasteiger partial charge in [0.2, 0.25) is 29.6 Å². The molecule has 2 aliphatic rings. The second kappa shape index (κ2) is 18.9. The van der Waals surface area contributed by atoms with E-state index < -0.39 is 29.9 Å². The molecular formula is C39H45N13O8. The standard InChI is InChI=1S/C39H45N13O8/c1-51(19-22-17-45-34-32(46-22)33(40)49-39(41)50-34)23-9-7-21(8-10-23)35(56)47-27(38(59)60)11-13-29(53)42-15-2-3-16-43-31(55)18-44-26-6-4-5-24-25(26)20-52(37(24)58)28-12-14-30(54)48-36(28)57/h4-10,17,27-28,44H,2-3,11-16,18-20H2,1H3,(H,42,53)(H,43,55)(H,47,56)(H,59,60)(H,48,54,57)(H4,40,41,45,49,50). The third-order valence-electron chi connectivity index (χ3n) is 10.0. The van der Waals surface area contributed by atoms with Gasteiger partial charge >= 0.3 is 5.97 Å². The van der Waals surface area contributed by atoms with Crippen LogP contribution in [-0.2, 0) is 37.1 Å². The first-order valence-corrected chi connectivity index (χ1v) is 19.2. The van der Waals surface area contributed by atoms with E-state index in [1.165, 1.54) is 4.90 Å². The molecule has 2 aromatic carbocycles. The number of nitrogens with zero attached hydrogens (tertiary/aromatic N) is 6. The number of hydrogen-bond donors (Lipinski definition) is 8. The van der Waals surface area contributed by atoms with Gasteiger partial charge in [0.05, 0.1) is 25.0 Å². The highest BCUT2D eigenvalue weighted by Crippen LogP contribution is 2.32. The number of imide groups is 1. The maximum atomic E-state index is 13.0. The Morgan fingerprint density at radius 3 is 2.43 bits per heavy atom. The van der Waals surface area contributed by atoms with Gasteiger partial charge in [-0.15, -0.1) is 0 Å². The van der Waals surface area contributed by atoms with Crippen LogP contribution in [0.4, 0.5) is 23.1 Å². The molecule has 2 aromatic heterocycles. The summed E-state index contributed by atoms with van der Waals surface area (Å²) in [5.41, 5.74) is 15.4. The van der Waals surface area contributed by atoms with Crippen molar-refractivity contribution in [3.05, 3.63) is 71.0 Å². The highest BCUT2D eigenvalue weighted by Gasteiger charge is 2.40. The summed E-state index contributed by atoms with van der Waals surface area (Å²) in [5.74, 6) is -3.60. The van der Waals surface area contributed by atoms with E-state index in [1.807, 2.05) is 11.9 Å². The SMILES string of the molecule is CN(Cc1cnc2nc(N)nc(N)c2n1)c1ccc(C(=O)NC(CCC(=O)NCCCCNC(=O)CNc2cccc3c2CN(C2CCC(=O)NC2=O)C3=O)C(=O)O)cc1. The van der Waals surface area contributed by atoms with Crippen LogP contribution in [0.5, 0.6) is 0 Å². The average Bonchev–Trinajstić information content (AvgIpc) is 3.55. The molecule has 314 valence electrons. The predicted molar refractivity (Wildman–Crippen MR) is 217 cm³/mol. The number of carbonyl (C=O) groups excluding carboxylic acids is 6. The molecular weight excluding hydrogens is 779 g/mol. The van der Waals surface area contributed by atoms with E-state index in [2.05, 4.69) is 46.5 Å². The van der Waals surface area contributed by atoms with Crippen molar-refractivity contribution >= 4 is 75.7 Å². The number of amides is 6. The maximum absolute atomic E-state index is 13.0. The molecule has 1 fully saturated rings. The van der Waals surface area contributed by atoms with Gasteiger partial charge < -0.3 is 47.6 Å². The third kappa shape index (κ3) is 10.3. The Kier molecular flexibility index (Phi) is 13.3. The Bertz CT molecular complexity index is 2320. The molecule has 0 aliphatic carbocycles. The second-order valence-electron chi connectivity index (χ2n) is 14.3. The Morgan fingerprint density at radius 1 is 0.983 bits per heavy atom. The molecule has 10 N–H and O–H groups in total. The summed E-state index contributed by atoms with van der Waals surface area (Å²) >= 11 is 0. The molecule has 2 aliphatic heterocycles. The Morgan fingerprint density at radius 2 is 1.72 bits per heavy atom. The van der Waals surface area contributed by atoms with Crippen LogP contribution < -0.4 is 43.0 Å². The Hall–Kier alpha value is -7.45. The average molecular weight is 824 g/mol. The zero-order chi connectivity index (χ0) is 42.9. The van der Waals surface area contributed by atoms with E-state index in [0.717, 1.165) is 5.69 Å². The van der Waals surface area contributed by atoms with E-state index >= 15 is 0 Å². The summed E-state index contributed by atoms with van der Waals surface area (Å²) in [6.07, 6.45) is 2.80. The van der Waals surface area contributed by atoms with Crippen LogP contribution in [0.2, 0.25) is 0 Å². The predicted octanol–water partition coefficient (Wildman–Crippen LogP) is 0.0695. The fraction of sp³-hybridized carbons (Fsp3) is 0.359. The summed E-state index contributed by atoms with van der Waals surface area (Å²) in [6.45, 7) is 1.10. The van der Waals surface area contributed by atoms with Crippen molar-refractivity contribution in [2.24, 2.45) is 0 Å². The molecule has 0 saturated carbocycles. The third-order valence-corrected chi connectivity index (χ3v) is 10.0. The van der Waals surface area contributed by atoms with Gasteiger partial charge in [0.25, 0.3) is 11.8 Å². The minimum absolute atomic E-state index is 0.000639. The summed E-state index contributed by atoms with van der Waals surface area (Å²) in [7, 11) is 1.82. The van der Waals surface area contributed by atoms with Gasteiger partial charge in [0, 0.05) is 67.6 Å². The number of benzene rings is 2. The molecule has 4 heterocycles. The van der Waals surface area contributed by atoms with E-state index in [1.54, 1.807) is 48.7 Å². The number of fused-ring (bicyclic) bond motifs is 2. The van der Waals surface area contributed by atoms with Crippen molar-refractivity contribution in [1.29, 1.82) is 0 Å². The van der Waals surface area contributed by atoms with Gasteiger partial charge in [-0.2, -0.15) is 9.97 Å². The van der Waals surface area contributed by atoms with E-state index in [4.69, 9.17) is 11.5 Å². The number of carboxylic acid groups (broad SMARTS) is 1. The summed E-state index contributed by atoms with van der Waals surface area (Å²) in [6, 6.07) is 9.59. The quantitative estimate of drug-likeness (QED) is 0.0486. The van der Waals surface area contributed by atoms with Crippen LogP contribution in [0, 0.1) is 0 Å². The van der Waals surface area contributed by atoms with E-state index in [0.29, 0.717) is 60.5 Å². The molecule has 21 nitrogen and oxygen atoms in total. The minimum atomic E-state index is -1.30. The summed E-state index contributed by atoms with van der Waals surface area (Å²) in [4.78, 5) is 107. The van der Waals surface area contributed by atoms with Gasteiger partial charge in [0.1, 0.15) is 12.1 Å². The van der Waals surface area contributed by atoms with Crippen LogP contribution in [0.1, 0.15) is 70.5 Å². The zero-order valence-electron chi connectivity index (χ0n) is 32.7. The topological polar surface area (TPSA) is 310 Å². The normalized spacial score (nSPS) is 15.2. The number of aromatic nitrogens is 4. The first-order valence-electron chi connectivity index (χ1n) is 19.2. The number of nitrogen functional groups attached to an aromatic ring is 2. The highest BCUT2D eigenvalue weighted by molar-refractivity contribution is 6.06. The number of unbranched alkanes of at least 4 members (excludes halogenated alkanes) is 1. The number of hydrogen-bond acceptors (Lipinski definition) is 15. The lowest BCUT2D eigenvalue weighted by Gasteiger charge is -2.29. The lowest BCUT2D eigenvalue weighted by atomic mass is 10.0. The molecule has 60 heavy (non-hydrogen) atoms. The van der Waals surface area contributed by atoms with Crippen LogP contribution in [0.15, 0.2) is 48.7 Å². The van der Waals surface area contributed by atoms with Crippen LogP contribution in [0.25, 0.3) is 11.2 Å². The lowest BCUT2D eigenvalue weighted by molar-refractivity contribution is -0.140. The summed E-state index contributed by atoms with van der Waals surface area (Å²) in [5, 5.41) is 23.1. The van der Waals surface area contributed by atoms with Gasteiger partial charge in [-0.25, -0.2) is 14.8 Å². The Labute approximate surface area is 343 Å². The Balaban J connectivity index is 0.862. The molecule has 0 bridgehead atoms. The number of nitrogens with two attached hydrogens (primary N) is 2.